The molecule has 0 saturated heterocycles. The minimum atomic E-state index is -0.421. The summed E-state index contributed by atoms with van der Waals surface area (Å²) < 4.78 is 5.10. The minimum Gasteiger partial charge on any atom is -0.497 e. The van der Waals surface area contributed by atoms with Gasteiger partial charge in [0.25, 0.3) is 0 Å². The van der Waals surface area contributed by atoms with Crippen molar-refractivity contribution in [2.45, 2.75) is 18.3 Å². The van der Waals surface area contributed by atoms with Gasteiger partial charge in [0.15, 0.2) is 0 Å². The lowest BCUT2D eigenvalue weighted by atomic mass is 9.97. The van der Waals surface area contributed by atoms with Crippen LogP contribution in [0.25, 0.3) is 0 Å². The van der Waals surface area contributed by atoms with Gasteiger partial charge in [-0.25, -0.2) is 0 Å². The smallest absolute Gasteiger partial charge is 0.232 e. The van der Waals surface area contributed by atoms with Gasteiger partial charge in [0.1, 0.15) is 5.75 Å². The first kappa shape index (κ1) is 9.53. The van der Waals surface area contributed by atoms with Gasteiger partial charge in [0.05, 0.1) is 12.5 Å². The van der Waals surface area contributed by atoms with Crippen molar-refractivity contribution < 1.29 is 9.53 Å². The summed E-state index contributed by atoms with van der Waals surface area (Å²) in [4.78, 5) is 11.3. The molecule has 0 amide bonds. The first-order chi connectivity index (χ1) is 6.69. The van der Waals surface area contributed by atoms with Gasteiger partial charge >= 0.3 is 0 Å². The van der Waals surface area contributed by atoms with E-state index in [1.54, 1.807) is 7.11 Å². The second-order valence-electron chi connectivity index (χ2n) is 3.59. The highest BCUT2D eigenvalue weighted by Gasteiger charge is 2.50. The van der Waals surface area contributed by atoms with Crippen molar-refractivity contribution in [1.82, 2.24) is 0 Å². The van der Waals surface area contributed by atoms with Gasteiger partial charge in [-0.1, -0.05) is 12.1 Å². The maximum Gasteiger partial charge on any atom is 0.232 e. The van der Waals surface area contributed by atoms with Crippen molar-refractivity contribution in [3.05, 3.63) is 29.8 Å². The third-order valence-corrected chi connectivity index (χ3v) is 3.11. The van der Waals surface area contributed by atoms with Crippen LogP contribution in [0, 0.1) is 0 Å². The number of halogens is 1. The molecule has 3 heteroatoms. The minimum absolute atomic E-state index is 0.259. The molecule has 74 valence electrons. The molecule has 0 aromatic heterocycles. The molecule has 1 aromatic rings. The second kappa shape index (κ2) is 3.28. The molecule has 14 heavy (non-hydrogen) atoms. The fourth-order valence-electron chi connectivity index (χ4n) is 1.64. The average Bonchev–Trinajstić information content (AvgIpc) is 2.98. The highest BCUT2D eigenvalue weighted by Crippen LogP contribution is 2.50. The van der Waals surface area contributed by atoms with Gasteiger partial charge in [-0.15, -0.1) is 0 Å². The van der Waals surface area contributed by atoms with E-state index in [4.69, 9.17) is 16.3 Å². The van der Waals surface area contributed by atoms with Gasteiger partial charge in [0.2, 0.25) is 5.24 Å². The third-order valence-electron chi connectivity index (χ3n) is 2.75. The Bertz CT molecular complexity index is 369. The number of rotatable bonds is 3. The van der Waals surface area contributed by atoms with Crippen LogP contribution in [0.15, 0.2) is 24.3 Å². The summed E-state index contributed by atoms with van der Waals surface area (Å²) in [5, 5.41) is -0.259. The van der Waals surface area contributed by atoms with E-state index in [1.165, 1.54) is 0 Å². The van der Waals surface area contributed by atoms with Gasteiger partial charge < -0.3 is 4.74 Å². The molecule has 2 nitrogen and oxygen atoms in total. The molecule has 0 atom stereocenters. The standard InChI is InChI=1S/C11H11ClO2/c1-14-9-4-2-3-8(7-9)11(5-6-11)10(12)13/h2-4,7H,5-6H2,1H3. The van der Waals surface area contributed by atoms with E-state index in [-0.39, 0.29) is 5.24 Å². The molecule has 0 heterocycles. The van der Waals surface area contributed by atoms with Crippen LogP contribution in [-0.4, -0.2) is 12.4 Å². The fraction of sp³-hybridized carbons (Fsp3) is 0.364. The van der Waals surface area contributed by atoms with E-state index in [9.17, 15) is 4.79 Å². The largest absolute Gasteiger partial charge is 0.497 e. The van der Waals surface area contributed by atoms with Gasteiger partial charge in [0, 0.05) is 0 Å². The number of hydrogen-bond acceptors (Lipinski definition) is 2. The summed E-state index contributed by atoms with van der Waals surface area (Å²) in [6.45, 7) is 0. The zero-order valence-electron chi connectivity index (χ0n) is 7.92. The van der Waals surface area contributed by atoms with E-state index < -0.39 is 5.41 Å². The van der Waals surface area contributed by atoms with Crippen LogP contribution in [0.3, 0.4) is 0 Å². The van der Waals surface area contributed by atoms with Crippen molar-refractivity contribution in [2.75, 3.05) is 7.11 Å². The third kappa shape index (κ3) is 1.40. The number of carbonyl (C=O) groups excluding carboxylic acids is 1. The molecule has 0 bridgehead atoms. The van der Waals surface area contributed by atoms with E-state index >= 15 is 0 Å². The summed E-state index contributed by atoms with van der Waals surface area (Å²) in [6.07, 6.45) is 1.70. The Morgan fingerprint density at radius 3 is 2.71 bits per heavy atom. The highest BCUT2D eigenvalue weighted by molar-refractivity contribution is 6.66. The van der Waals surface area contributed by atoms with Gasteiger partial charge in [-0.05, 0) is 42.1 Å². The Morgan fingerprint density at radius 2 is 2.21 bits per heavy atom. The molecule has 1 aliphatic carbocycles. The molecule has 0 N–H and O–H groups in total. The quantitative estimate of drug-likeness (QED) is 0.717. The normalized spacial score (nSPS) is 17.6. The fourth-order valence-corrected chi connectivity index (χ4v) is 1.94. The molecule has 0 unspecified atom stereocenters. The summed E-state index contributed by atoms with van der Waals surface area (Å²) in [5.74, 6) is 0.770. The van der Waals surface area contributed by atoms with Crippen LogP contribution in [0.1, 0.15) is 18.4 Å². The summed E-state index contributed by atoms with van der Waals surface area (Å²) in [5.41, 5.74) is 0.549. The Kier molecular flexibility index (Phi) is 2.23. The lowest BCUT2D eigenvalue weighted by Crippen LogP contribution is -2.14. The van der Waals surface area contributed by atoms with Gasteiger partial charge in [-0.2, -0.15) is 0 Å². The summed E-state index contributed by atoms with van der Waals surface area (Å²) in [6, 6.07) is 7.55. The number of benzene rings is 1. The van der Waals surface area contributed by atoms with Crippen LogP contribution >= 0.6 is 11.6 Å². The molecule has 1 saturated carbocycles. The molecule has 1 fully saturated rings. The number of carbonyl (C=O) groups is 1. The zero-order chi connectivity index (χ0) is 10.2. The topological polar surface area (TPSA) is 26.3 Å². The second-order valence-corrected chi connectivity index (χ2v) is 3.93. The Balaban J connectivity index is 2.37. The zero-order valence-corrected chi connectivity index (χ0v) is 8.67. The van der Waals surface area contributed by atoms with E-state index in [0.29, 0.717) is 0 Å². The van der Waals surface area contributed by atoms with Crippen LogP contribution in [0.5, 0.6) is 5.75 Å². The van der Waals surface area contributed by atoms with Crippen molar-refractivity contribution in [1.29, 1.82) is 0 Å². The Morgan fingerprint density at radius 1 is 1.50 bits per heavy atom. The van der Waals surface area contributed by atoms with Crippen LogP contribution in [0.4, 0.5) is 0 Å². The van der Waals surface area contributed by atoms with Crippen LogP contribution in [0.2, 0.25) is 0 Å². The average molecular weight is 211 g/mol. The van der Waals surface area contributed by atoms with Crippen molar-refractivity contribution in [3.63, 3.8) is 0 Å². The highest BCUT2D eigenvalue weighted by atomic mass is 35.5. The Hall–Kier alpha value is -1.02. The molecule has 0 aliphatic heterocycles. The monoisotopic (exact) mass is 210 g/mol. The molecular formula is C11H11ClO2. The van der Waals surface area contributed by atoms with E-state index in [2.05, 4.69) is 0 Å². The number of methoxy groups -OCH3 is 1. The predicted octanol–water partition coefficient (Wildman–Crippen LogP) is 2.49. The number of ether oxygens (including phenoxy) is 1. The van der Waals surface area contributed by atoms with E-state index in [0.717, 1.165) is 24.2 Å². The number of hydrogen-bond donors (Lipinski definition) is 0. The maximum atomic E-state index is 11.3. The molecule has 0 spiro atoms. The van der Waals surface area contributed by atoms with Crippen LogP contribution < -0.4 is 4.74 Å². The summed E-state index contributed by atoms with van der Waals surface area (Å²) in [7, 11) is 1.61. The SMILES string of the molecule is COc1cccc(C2(C(=O)Cl)CC2)c1. The molecule has 1 aliphatic rings. The maximum absolute atomic E-state index is 11.3. The van der Waals surface area contributed by atoms with Crippen molar-refractivity contribution in [3.8, 4) is 5.75 Å². The lowest BCUT2D eigenvalue weighted by molar-refractivity contribution is -0.113. The molecule has 1 aromatic carbocycles. The molecule has 0 radical (unpaired) electrons. The molecule has 2 rings (SSSR count). The van der Waals surface area contributed by atoms with Gasteiger partial charge in [-0.3, -0.25) is 4.79 Å². The predicted molar refractivity (Wildman–Crippen MR) is 54.8 cm³/mol. The first-order valence-corrected chi connectivity index (χ1v) is 4.91. The van der Waals surface area contributed by atoms with Crippen molar-refractivity contribution in [2.24, 2.45) is 0 Å². The summed E-state index contributed by atoms with van der Waals surface area (Å²) >= 11 is 5.58. The molecular weight excluding hydrogens is 200 g/mol. The van der Waals surface area contributed by atoms with E-state index in [1.807, 2.05) is 24.3 Å². The Labute approximate surface area is 87.8 Å². The van der Waals surface area contributed by atoms with Crippen LogP contribution in [-0.2, 0) is 10.2 Å². The first-order valence-electron chi connectivity index (χ1n) is 4.53. The lowest BCUT2D eigenvalue weighted by Gasteiger charge is -2.11. The van der Waals surface area contributed by atoms with Crippen molar-refractivity contribution >= 4 is 16.8 Å².